The molecule has 0 bridgehead atoms. The fourth-order valence-electron chi connectivity index (χ4n) is 2.89. The molecular weight excluding hydrogens is 298 g/mol. The Kier molecular flexibility index (Phi) is 5.73. The number of amides is 3. The predicted molar refractivity (Wildman–Crippen MR) is 86.3 cm³/mol. The summed E-state index contributed by atoms with van der Waals surface area (Å²) in [4.78, 5) is 25.7. The molecule has 2 aliphatic heterocycles. The van der Waals surface area contributed by atoms with Crippen LogP contribution in [0.4, 0.5) is 9.59 Å². The molecule has 0 radical (unpaired) electrons. The Bertz CT molecular complexity index is 430. The number of urea groups is 1. The van der Waals surface area contributed by atoms with Crippen molar-refractivity contribution < 1.29 is 19.1 Å². The molecule has 3 atom stereocenters. The lowest BCUT2D eigenvalue weighted by Gasteiger charge is -2.25. The van der Waals surface area contributed by atoms with Crippen LogP contribution in [-0.2, 0) is 9.47 Å². The summed E-state index contributed by atoms with van der Waals surface area (Å²) in [5.74, 6) is 0. The van der Waals surface area contributed by atoms with Gasteiger partial charge in [0, 0.05) is 25.7 Å². The van der Waals surface area contributed by atoms with Crippen molar-refractivity contribution in [2.75, 3.05) is 19.7 Å². The van der Waals surface area contributed by atoms with Gasteiger partial charge in [0.15, 0.2) is 0 Å². The highest BCUT2D eigenvalue weighted by Crippen LogP contribution is 2.16. The first kappa shape index (κ1) is 17.8. The van der Waals surface area contributed by atoms with Crippen LogP contribution in [-0.4, -0.2) is 60.5 Å². The Balaban J connectivity index is 1.72. The van der Waals surface area contributed by atoms with Gasteiger partial charge < -0.3 is 25.0 Å². The predicted octanol–water partition coefficient (Wildman–Crippen LogP) is 1.86. The minimum Gasteiger partial charge on any atom is -0.444 e. The van der Waals surface area contributed by atoms with Crippen LogP contribution >= 0.6 is 0 Å². The highest BCUT2D eigenvalue weighted by molar-refractivity contribution is 5.75. The van der Waals surface area contributed by atoms with Gasteiger partial charge in [0.05, 0.1) is 12.1 Å². The van der Waals surface area contributed by atoms with Gasteiger partial charge in [0.2, 0.25) is 0 Å². The van der Waals surface area contributed by atoms with E-state index in [4.69, 9.17) is 9.47 Å². The third-order valence-electron chi connectivity index (χ3n) is 4.06. The molecule has 2 rings (SSSR count). The number of nitrogens with one attached hydrogen (secondary N) is 2. The van der Waals surface area contributed by atoms with Crippen LogP contribution in [0.1, 0.15) is 47.0 Å². The van der Waals surface area contributed by atoms with Gasteiger partial charge in [-0.05, 0) is 47.0 Å². The third kappa shape index (κ3) is 5.57. The van der Waals surface area contributed by atoms with Crippen molar-refractivity contribution in [3.05, 3.63) is 0 Å². The maximum atomic E-state index is 12.1. The Morgan fingerprint density at radius 1 is 1.30 bits per heavy atom. The average molecular weight is 327 g/mol. The molecule has 132 valence electrons. The van der Waals surface area contributed by atoms with Crippen LogP contribution in [0, 0.1) is 0 Å². The lowest BCUT2D eigenvalue weighted by atomic mass is 10.1. The standard InChI is InChI=1S/C16H29N3O4/c1-11(13-6-5-9-22-13)17-14(20)18-12-7-8-19(10-12)15(21)23-16(2,3)4/h11-13H,5-10H2,1-4H3,(H2,17,18,20)/t11-,12-,13-/m0/s1. The largest absolute Gasteiger partial charge is 0.444 e. The van der Waals surface area contributed by atoms with E-state index in [9.17, 15) is 9.59 Å². The van der Waals surface area contributed by atoms with Crippen molar-refractivity contribution in [3.8, 4) is 0 Å². The van der Waals surface area contributed by atoms with Gasteiger partial charge in [0.1, 0.15) is 5.60 Å². The fraction of sp³-hybridized carbons (Fsp3) is 0.875. The number of nitrogens with zero attached hydrogens (tertiary/aromatic N) is 1. The molecule has 0 aromatic heterocycles. The number of carbonyl (C=O) groups excluding carboxylic acids is 2. The number of hydrogen-bond acceptors (Lipinski definition) is 4. The molecule has 2 aliphatic rings. The molecule has 0 aromatic carbocycles. The Morgan fingerprint density at radius 3 is 2.65 bits per heavy atom. The lowest BCUT2D eigenvalue weighted by molar-refractivity contribution is 0.0291. The molecule has 0 unspecified atom stereocenters. The average Bonchev–Trinajstić information content (AvgIpc) is 3.07. The van der Waals surface area contributed by atoms with Crippen molar-refractivity contribution in [1.82, 2.24) is 15.5 Å². The molecule has 2 heterocycles. The molecule has 3 amide bonds. The third-order valence-corrected chi connectivity index (χ3v) is 4.06. The highest BCUT2D eigenvalue weighted by atomic mass is 16.6. The molecule has 0 spiro atoms. The summed E-state index contributed by atoms with van der Waals surface area (Å²) in [6.45, 7) is 9.34. The Labute approximate surface area is 138 Å². The molecular formula is C16H29N3O4. The van der Waals surface area contributed by atoms with E-state index >= 15 is 0 Å². The van der Waals surface area contributed by atoms with Crippen LogP contribution in [0.5, 0.6) is 0 Å². The van der Waals surface area contributed by atoms with Gasteiger partial charge in [-0.3, -0.25) is 0 Å². The van der Waals surface area contributed by atoms with Gasteiger partial charge in [0.25, 0.3) is 0 Å². The second-order valence-electron chi connectivity index (χ2n) is 7.37. The fourth-order valence-corrected chi connectivity index (χ4v) is 2.89. The second-order valence-corrected chi connectivity index (χ2v) is 7.37. The number of hydrogen-bond donors (Lipinski definition) is 2. The van der Waals surface area contributed by atoms with Crippen LogP contribution in [0.3, 0.4) is 0 Å². The summed E-state index contributed by atoms with van der Waals surface area (Å²) in [7, 11) is 0. The minimum atomic E-state index is -0.503. The van der Waals surface area contributed by atoms with Gasteiger partial charge in [-0.1, -0.05) is 0 Å². The van der Waals surface area contributed by atoms with Crippen molar-refractivity contribution in [1.29, 1.82) is 0 Å². The zero-order valence-corrected chi connectivity index (χ0v) is 14.6. The van der Waals surface area contributed by atoms with Crippen molar-refractivity contribution in [2.45, 2.75) is 70.7 Å². The summed E-state index contributed by atoms with van der Waals surface area (Å²) >= 11 is 0. The van der Waals surface area contributed by atoms with Crippen LogP contribution < -0.4 is 10.6 Å². The van der Waals surface area contributed by atoms with E-state index in [1.807, 2.05) is 27.7 Å². The molecule has 0 saturated carbocycles. The molecule has 7 nitrogen and oxygen atoms in total. The van der Waals surface area contributed by atoms with Crippen molar-refractivity contribution in [3.63, 3.8) is 0 Å². The first-order valence-electron chi connectivity index (χ1n) is 8.41. The molecule has 2 saturated heterocycles. The molecule has 7 heteroatoms. The quantitative estimate of drug-likeness (QED) is 0.829. The summed E-state index contributed by atoms with van der Waals surface area (Å²) in [6.07, 6.45) is 2.54. The summed E-state index contributed by atoms with van der Waals surface area (Å²) < 4.78 is 10.9. The van der Waals surface area contributed by atoms with E-state index < -0.39 is 5.60 Å². The Morgan fingerprint density at radius 2 is 2.04 bits per heavy atom. The number of likely N-dealkylation sites (tertiary alicyclic amines) is 1. The normalized spacial score (nSPS) is 26.0. The van der Waals surface area contributed by atoms with E-state index in [1.54, 1.807) is 4.90 Å². The van der Waals surface area contributed by atoms with Crippen molar-refractivity contribution >= 4 is 12.1 Å². The van der Waals surface area contributed by atoms with E-state index in [0.29, 0.717) is 13.1 Å². The smallest absolute Gasteiger partial charge is 0.410 e. The lowest BCUT2D eigenvalue weighted by Crippen LogP contribution is -2.49. The maximum Gasteiger partial charge on any atom is 0.410 e. The highest BCUT2D eigenvalue weighted by Gasteiger charge is 2.31. The first-order chi connectivity index (χ1) is 10.7. The molecule has 0 aromatic rings. The zero-order chi connectivity index (χ0) is 17.0. The minimum absolute atomic E-state index is 0.0131. The van der Waals surface area contributed by atoms with Gasteiger partial charge in [-0.25, -0.2) is 9.59 Å². The summed E-state index contributed by atoms with van der Waals surface area (Å²) in [5.41, 5.74) is -0.503. The monoisotopic (exact) mass is 327 g/mol. The van der Waals surface area contributed by atoms with Gasteiger partial charge in [-0.15, -0.1) is 0 Å². The van der Waals surface area contributed by atoms with E-state index in [1.165, 1.54) is 0 Å². The topological polar surface area (TPSA) is 79.9 Å². The van der Waals surface area contributed by atoms with Crippen LogP contribution in [0.2, 0.25) is 0 Å². The summed E-state index contributed by atoms with van der Waals surface area (Å²) in [5, 5.41) is 5.85. The van der Waals surface area contributed by atoms with Gasteiger partial charge in [-0.2, -0.15) is 0 Å². The van der Waals surface area contributed by atoms with Crippen molar-refractivity contribution in [2.24, 2.45) is 0 Å². The molecule has 2 fully saturated rings. The van der Waals surface area contributed by atoms with Gasteiger partial charge >= 0.3 is 12.1 Å². The van der Waals surface area contributed by atoms with E-state index in [-0.39, 0.29) is 30.3 Å². The van der Waals surface area contributed by atoms with E-state index in [2.05, 4.69) is 10.6 Å². The summed E-state index contributed by atoms with van der Waals surface area (Å²) in [6, 6.07) is -0.260. The SMILES string of the molecule is C[C@H](NC(=O)N[C@H]1CCN(C(=O)OC(C)(C)C)C1)[C@@H]1CCCO1. The first-order valence-corrected chi connectivity index (χ1v) is 8.41. The van der Waals surface area contributed by atoms with Crippen LogP contribution in [0.15, 0.2) is 0 Å². The number of ether oxygens (including phenoxy) is 2. The molecule has 23 heavy (non-hydrogen) atoms. The maximum absolute atomic E-state index is 12.1. The zero-order valence-electron chi connectivity index (χ0n) is 14.6. The number of carbonyl (C=O) groups is 2. The molecule has 2 N–H and O–H groups in total. The Hall–Kier alpha value is -1.50. The van der Waals surface area contributed by atoms with Crippen LogP contribution in [0.25, 0.3) is 0 Å². The second kappa shape index (κ2) is 7.38. The molecule has 0 aliphatic carbocycles. The number of rotatable bonds is 3. The van der Waals surface area contributed by atoms with E-state index in [0.717, 1.165) is 25.9 Å².